The maximum atomic E-state index is 13.8. The predicted octanol–water partition coefficient (Wildman–Crippen LogP) is 6.48. The van der Waals surface area contributed by atoms with Gasteiger partial charge in [-0.15, -0.1) is 0 Å². The molecule has 2 N–H and O–H groups in total. The third-order valence-corrected chi connectivity index (χ3v) is 6.49. The van der Waals surface area contributed by atoms with E-state index in [2.05, 4.69) is 10.6 Å². The average Bonchev–Trinajstić information content (AvgIpc) is 3.57. The Labute approximate surface area is 202 Å². The van der Waals surface area contributed by atoms with Gasteiger partial charge in [0.15, 0.2) is 5.78 Å². The molecule has 0 saturated heterocycles. The number of benzene rings is 2. The van der Waals surface area contributed by atoms with Crippen LogP contribution >= 0.6 is 0 Å². The second kappa shape index (κ2) is 8.68. The Morgan fingerprint density at radius 2 is 1.57 bits per heavy atom. The van der Waals surface area contributed by atoms with E-state index >= 15 is 0 Å². The number of allylic oxidation sites excluding steroid dienone is 1. The van der Waals surface area contributed by atoms with Crippen LogP contribution in [0.1, 0.15) is 36.3 Å². The molecule has 2 aliphatic rings. The fourth-order valence-electron chi connectivity index (χ4n) is 4.96. The summed E-state index contributed by atoms with van der Waals surface area (Å²) < 4.78 is 11.4. The van der Waals surface area contributed by atoms with Crippen molar-refractivity contribution < 1.29 is 18.4 Å². The van der Waals surface area contributed by atoms with E-state index in [0.29, 0.717) is 29.1 Å². The number of carbonyl (C=O) groups excluding carboxylic acids is 2. The van der Waals surface area contributed by atoms with Crippen molar-refractivity contribution in [2.24, 2.45) is 0 Å². The largest absolute Gasteiger partial charge is 0.469 e. The Hall–Kier alpha value is -4.52. The van der Waals surface area contributed by atoms with Gasteiger partial charge >= 0.3 is 6.03 Å². The van der Waals surface area contributed by atoms with Gasteiger partial charge in [-0.25, -0.2) is 4.79 Å². The first-order valence-corrected chi connectivity index (χ1v) is 11.5. The molecule has 1 aliphatic carbocycles. The number of anilines is 3. The van der Waals surface area contributed by atoms with E-state index in [1.807, 2.05) is 66.7 Å². The summed E-state index contributed by atoms with van der Waals surface area (Å²) >= 11 is 0. The molecule has 0 saturated carbocycles. The van der Waals surface area contributed by atoms with Gasteiger partial charge in [-0.1, -0.05) is 30.3 Å². The highest BCUT2D eigenvalue weighted by Gasteiger charge is 2.43. The summed E-state index contributed by atoms with van der Waals surface area (Å²) in [7, 11) is 0. The number of para-hydroxylation sites is 3. The van der Waals surface area contributed by atoms with Crippen molar-refractivity contribution in [3.05, 3.63) is 114 Å². The van der Waals surface area contributed by atoms with Crippen molar-refractivity contribution in [2.75, 3.05) is 15.5 Å². The van der Waals surface area contributed by atoms with Crippen LogP contribution in [0.3, 0.4) is 0 Å². The number of rotatable bonds is 3. The summed E-state index contributed by atoms with van der Waals surface area (Å²) in [6, 6.07) is 23.0. The number of fused-ring (bicyclic) bond motifs is 1. The molecule has 2 aromatic heterocycles. The Bertz CT molecular complexity index is 1390. The lowest BCUT2D eigenvalue weighted by Crippen LogP contribution is -2.40. The van der Waals surface area contributed by atoms with Gasteiger partial charge in [-0.3, -0.25) is 9.69 Å². The van der Waals surface area contributed by atoms with E-state index in [9.17, 15) is 9.59 Å². The van der Waals surface area contributed by atoms with Crippen LogP contribution in [-0.2, 0) is 4.79 Å². The fourth-order valence-corrected chi connectivity index (χ4v) is 4.96. The zero-order chi connectivity index (χ0) is 23.8. The smallest absolute Gasteiger partial charge is 0.327 e. The van der Waals surface area contributed by atoms with Crippen LogP contribution in [0.15, 0.2) is 111 Å². The van der Waals surface area contributed by atoms with Gasteiger partial charge in [0.2, 0.25) is 0 Å². The molecule has 2 atom stereocenters. The zero-order valence-electron chi connectivity index (χ0n) is 18.8. The van der Waals surface area contributed by atoms with Crippen LogP contribution in [0.2, 0.25) is 0 Å². The zero-order valence-corrected chi connectivity index (χ0v) is 18.8. The minimum absolute atomic E-state index is 0.0492. The topological polar surface area (TPSA) is 87.7 Å². The molecule has 35 heavy (non-hydrogen) atoms. The first-order valence-electron chi connectivity index (χ1n) is 11.5. The average molecular weight is 466 g/mol. The number of Topliss-reactive ketones (excluding diaryl/α,β-unsaturated/α-hetero) is 1. The first kappa shape index (κ1) is 21.0. The third-order valence-electron chi connectivity index (χ3n) is 6.49. The summed E-state index contributed by atoms with van der Waals surface area (Å²) in [6.45, 7) is 0. The second-order valence-corrected chi connectivity index (χ2v) is 8.66. The van der Waals surface area contributed by atoms with Crippen molar-refractivity contribution in [1.29, 1.82) is 0 Å². The number of urea groups is 1. The quantitative estimate of drug-likeness (QED) is 0.362. The monoisotopic (exact) mass is 465 g/mol. The molecular formula is C28H23N3O4. The minimum atomic E-state index is -0.732. The van der Waals surface area contributed by atoms with Crippen LogP contribution in [-0.4, -0.2) is 11.8 Å². The number of hydrogen-bond acceptors (Lipinski definition) is 5. The van der Waals surface area contributed by atoms with Gasteiger partial charge in [0.05, 0.1) is 23.9 Å². The van der Waals surface area contributed by atoms with E-state index < -0.39 is 6.04 Å². The molecule has 7 heteroatoms. The molecule has 0 bridgehead atoms. The van der Waals surface area contributed by atoms with E-state index in [1.165, 1.54) is 0 Å². The SMILES string of the molecule is O=C1C[C@H](c2ccco2)CC2=C1[C@@H](c1ccco1)N(C(=O)Nc1ccccc1)c1ccccc1N2. The van der Waals surface area contributed by atoms with Gasteiger partial charge in [0.25, 0.3) is 0 Å². The molecular weight excluding hydrogens is 442 g/mol. The molecule has 2 aromatic carbocycles. The molecule has 0 unspecified atom stereocenters. The van der Waals surface area contributed by atoms with Crippen LogP contribution in [0.4, 0.5) is 21.9 Å². The second-order valence-electron chi connectivity index (χ2n) is 8.66. The van der Waals surface area contributed by atoms with Crippen molar-refractivity contribution >= 4 is 28.9 Å². The first-order chi connectivity index (χ1) is 17.2. The number of furan rings is 2. The van der Waals surface area contributed by atoms with E-state index in [-0.39, 0.29) is 24.2 Å². The van der Waals surface area contributed by atoms with Gasteiger partial charge in [-0.2, -0.15) is 0 Å². The number of nitrogens with one attached hydrogen (secondary N) is 2. The Balaban J connectivity index is 1.50. The summed E-state index contributed by atoms with van der Waals surface area (Å²) in [5, 5.41) is 6.46. The van der Waals surface area contributed by atoms with Crippen molar-refractivity contribution in [1.82, 2.24) is 0 Å². The Morgan fingerprint density at radius 1 is 0.857 bits per heavy atom. The van der Waals surface area contributed by atoms with E-state index in [4.69, 9.17) is 8.83 Å². The highest BCUT2D eigenvalue weighted by Crippen LogP contribution is 2.47. The van der Waals surface area contributed by atoms with Gasteiger partial charge < -0.3 is 19.5 Å². The highest BCUT2D eigenvalue weighted by molar-refractivity contribution is 6.09. The van der Waals surface area contributed by atoms with Gasteiger partial charge in [0, 0.05) is 29.3 Å². The summed E-state index contributed by atoms with van der Waals surface area (Å²) in [6.07, 6.45) is 4.05. The molecule has 0 spiro atoms. The van der Waals surface area contributed by atoms with E-state index in [0.717, 1.165) is 17.1 Å². The van der Waals surface area contributed by atoms with Crippen LogP contribution in [0.5, 0.6) is 0 Å². The Kier molecular flexibility index (Phi) is 5.22. The van der Waals surface area contributed by atoms with E-state index in [1.54, 1.807) is 29.6 Å². The number of hydrogen-bond donors (Lipinski definition) is 2. The number of carbonyl (C=O) groups is 2. The van der Waals surface area contributed by atoms with Crippen LogP contribution in [0.25, 0.3) is 0 Å². The number of amides is 2. The Morgan fingerprint density at radius 3 is 2.31 bits per heavy atom. The molecule has 2 amide bonds. The highest BCUT2D eigenvalue weighted by atomic mass is 16.3. The van der Waals surface area contributed by atoms with Crippen molar-refractivity contribution in [3.63, 3.8) is 0 Å². The number of ketones is 1. The third kappa shape index (κ3) is 3.81. The molecule has 174 valence electrons. The molecule has 0 fully saturated rings. The number of nitrogens with zero attached hydrogens (tertiary/aromatic N) is 1. The lowest BCUT2D eigenvalue weighted by Gasteiger charge is -2.33. The molecule has 4 aromatic rings. The minimum Gasteiger partial charge on any atom is -0.469 e. The van der Waals surface area contributed by atoms with Crippen molar-refractivity contribution in [3.8, 4) is 0 Å². The van der Waals surface area contributed by atoms with Gasteiger partial charge in [-0.05, 0) is 55.0 Å². The molecule has 1 aliphatic heterocycles. The van der Waals surface area contributed by atoms with Crippen LogP contribution in [0, 0.1) is 0 Å². The predicted molar refractivity (Wildman–Crippen MR) is 132 cm³/mol. The molecule has 7 nitrogen and oxygen atoms in total. The molecule has 0 radical (unpaired) electrons. The molecule has 3 heterocycles. The van der Waals surface area contributed by atoms with Gasteiger partial charge in [0.1, 0.15) is 17.6 Å². The lowest BCUT2D eigenvalue weighted by molar-refractivity contribution is -0.116. The summed E-state index contributed by atoms with van der Waals surface area (Å²) in [4.78, 5) is 29.2. The summed E-state index contributed by atoms with van der Waals surface area (Å²) in [5.74, 6) is 1.16. The standard InChI is InChI=1S/C28H23N3O4/c32-23-17-18(24-12-6-14-34-24)16-21-26(23)27(25-13-7-15-35-25)31(22-11-5-4-10-20(22)30-21)28(33)29-19-8-2-1-3-9-19/h1-15,18,27,30H,16-17H2,(H,29,33)/t18-,27-/m1/s1. The summed E-state index contributed by atoms with van der Waals surface area (Å²) in [5.41, 5.74) is 3.35. The maximum absolute atomic E-state index is 13.8. The normalized spacial score (nSPS) is 19.4. The van der Waals surface area contributed by atoms with Crippen LogP contribution < -0.4 is 15.5 Å². The fraction of sp³-hybridized carbons (Fsp3) is 0.143. The maximum Gasteiger partial charge on any atom is 0.327 e. The molecule has 6 rings (SSSR count). The lowest BCUT2D eigenvalue weighted by atomic mass is 9.81. The van der Waals surface area contributed by atoms with Crippen molar-refractivity contribution in [2.45, 2.75) is 24.8 Å².